The fraction of sp³-hybridized carbons (Fsp3) is 0.417. The summed E-state index contributed by atoms with van der Waals surface area (Å²) in [5.41, 5.74) is 3.06. The Bertz CT molecular complexity index is 1150. The van der Waals surface area contributed by atoms with E-state index in [-0.39, 0.29) is 5.92 Å². The second kappa shape index (κ2) is 8.26. The predicted molar refractivity (Wildman–Crippen MR) is 123 cm³/mol. The largest absolute Gasteiger partial charge is 0.481 e. The number of aromatic nitrogens is 3. The van der Waals surface area contributed by atoms with E-state index in [2.05, 4.69) is 32.4 Å². The van der Waals surface area contributed by atoms with Gasteiger partial charge in [-0.15, -0.1) is 11.3 Å². The highest BCUT2D eigenvalue weighted by Gasteiger charge is 2.39. The normalized spacial score (nSPS) is 23.1. The molecule has 3 aromatic rings. The van der Waals surface area contributed by atoms with Gasteiger partial charge < -0.3 is 15.5 Å². The van der Waals surface area contributed by atoms with E-state index in [0.29, 0.717) is 42.6 Å². The second-order valence-electron chi connectivity index (χ2n) is 8.97. The Morgan fingerprint density at radius 3 is 2.66 bits per heavy atom. The van der Waals surface area contributed by atoms with Crippen molar-refractivity contribution in [1.29, 1.82) is 0 Å². The summed E-state index contributed by atoms with van der Waals surface area (Å²) in [7, 11) is 0. The standard InChI is InChI=1S/C24H26N4O3S/c1-14-10-17(12-18(11-14)27-23-25-9-6-19(28-23)15-2-3-15)20-13-26-22(32-20)24(31)7-4-16(5-8-24)21(29)30/h6,9-13,15-16,31H,2-5,7-8H2,1H3,(H,29,30)(H,25,27,28). The molecular formula is C24H26N4O3S. The van der Waals surface area contributed by atoms with Gasteiger partial charge in [-0.25, -0.2) is 15.0 Å². The maximum absolute atomic E-state index is 11.2. The van der Waals surface area contributed by atoms with E-state index in [1.807, 2.05) is 19.1 Å². The van der Waals surface area contributed by atoms with Crippen LogP contribution in [0.15, 0.2) is 36.7 Å². The number of aliphatic carboxylic acids is 1. The maximum Gasteiger partial charge on any atom is 0.306 e. The number of aryl methyl sites for hydroxylation is 1. The van der Waals surface area contributed by atoms with Gasteiger partial charge in [0.25, 0.3) is 0 Å². The lowest BCUT2D eigenvalue weighted by molar-refractivity contribution is -0.145. The van der Waals surface area contributed by atoms with Crippen molar-refractivity contribution in [3.63, 3.8) is 0 Å². The third-order valence-corrected chi connectivity index (χ3v) is 7.60. The molecule has 3 N–H and O–H groups in total. The summed E-state index contributed by atoms with van der Waals surface area (Å²) in [4.78, 5) is 25.7. The van der Waals surface area contributed by atoms with Gasteiger partial charge in [-0.3, -0.25) is 4.79 Å². The van der Waals surface area contributed by atoms with Crippen molar-refractivity contribution in [3.8, 4) is 10.4 Å². The fourth-order valence-corrected chi connectivity index (χ4v) is 5.39. The molecule has 5 rings (SSSR count). The van der Waals surface area contributed by atoms with E-state index in [1.165, 1.54) is 24.2 Å². The van der Waals surface area contributed by atoms with Gasteiger partial charge in [0.15, 0.2) is 0 Å². The van der Waals surface area contributed by atoms with E-state index in [9.17, 15) is 15.0 Å². The first kappa shape index (κ1) is 21.0. The molecule has 0 aliphatic heterocycles. The van der Waals surface area contributed by atoms with E-state index in [0.717, 1.165) is 27.4 Å². The summed E-state index contributed by atoms with van der Waals surface area (Å²) in [6.45, 7) is 2.04. The Morgan fingerprint density at radius 1 is 1.16 bits per heavy atom. The summed E-state index contributed by atoms with van der Waals surface area (Å²) in [6.07, 6.45) is 7.78. The molecule has 0 radical (unpaired) electrons. The van der Waals surface area contributed by atoms with Crippen LogP contribution >= 0.6 is 11.3 Å². The summed E-state index contributed by atoms with van der Waals surface area (Å²) in [5.74, 6) is 0.0121. The number of carboxylic acid groups (broad SMARTS) is 1. The van der Waals surface area contributed by atoms with Crippen molar-refractivity contribution in [2.45, 2.75) is 57.0 Å². The number of carboxylic acids is 1. The van der Waals surface area contributed by atoms with Crippen LogP contribution in [0.4, 0.5) is 11.6 Å². The molecule has 7 nitrogen and oxygen atoms in total. The first-order valence-corrected chi connectivity index (χ1v) is 11.8. The number of benzene rings is 1. The predicted octanol–water partition coefficient (Wildman–Crippen LogP) is 4.99. The van der Waals surface area contributed by atoms with Crippen LogP contribution in [0.5, 0.6) is 0 Å². The van der Waals surface area contributed by atoms with E-state index in [4.69, 9.17) is 0 Å². The Hall–Kier alpha value is -2.84. The van der Waals surface area contributed by atoms with Gasteiger partial charge in [-0.05, 0) is 74.8 Å². The lowest BCUT2D eigenvalue weighted by atomic mass is 9.79. The molecule has 0 saturated heterocycles. The highest BCUT2D eigenvalue weighted by atomic mass is 32.1. The summed E-state index contributed by atoms with van der Waals surface area (Å²) in [5, 5.41) is 24.3. The van der Waals surface area contributed by atoms with Crippen LogP contribution in [0.2, 0.25) is 0 Å². The second-order valence-corrected chi connectivity index (χ2v) is 10.00. The minimum atomic E-state index is -1.04. The molecule has 8 heteroatoms. The van der Waals surface area contributed by atoms with Crippen LogP contribution in [0.25, 0.3) is 10.4 Å². The van der Waals surface area contributed by atoms with Crippen molar-refractivity contribution in [2.75, 3.05) is 5.32 Å². The zero-order chi connectivity index (χ0) is 22.3. The monoisotopic (exact) mass is 450 g/mol. The third kappa shape index (κ3) is 4.38. The first-order chi connectivity index (χ1) is 15.4. The molecule has 166 valence electrons. The Balaban J connectivity index is 1.36. The quantitative estimate of drug-likeness (QED) is 0.485. The SMILES string of the molecule is Cc1cc(Nc2nccc(C3CC3)n2)cc(-c2cnc(C3(O)CCC(C(=O)O)CC3)s2)c1. The van der Waals surface area contributed by atoms with Gasteiger partial charge in [-0.2, -0.15) is 0 Å². The average molecular weight is 451 g/mol. The van der Waals surface area contributed by atoms with Crippen LogP contribution in [0, 0.1) is 12.8 Å². The molecule has 2 heterocycles. The van der Waals surface area contributed by atoms with Crippen molar-refractivity contribution in [1.82, 2.24) is 15.0 Å². The lowest BCUT2D eigenvalue weighted by Gasteiger charge is -2.32. The van der Waals surface area contributed by atoms with Crippen molar-refractivity contribution < 1.29 is 15.0 Å². The first-order valence-electron chi connectivity index (χ1n) is 11.0. The molecule has 0 atom stereocenters. The summed E-state index contributed by atoms with van der Waals surface area (Å²) >= 11 is 1.47. The fourth-order valence-electron chi connectivity index (χ4n) is 4.34. The molecule has 0 unspecified atom stereocenters. The van der Waals surface area contributed by atoms with Crippen molar-refractivity contribution in [2.24, 2.45) is 5.92 Å². The number of anilines is 2. The van der Waals surface area contributed by atoms with Crippen LogP contribution in [-0.4, -0.2) is 31.1 Å². The number of nitrogens with one attached hydrogen (secondary N) is 1. The number of thiazole rings is 1. The topological polar surface area (TPSA) is 108 Å². The van der Waals surface area contributed by atoms with Gasteiger partial charge in [0.05, 0.1) is 10.8 Å². The van der Waals surface area contributed by atoms with Gasteiger partial charge in [0, 0.05) is 29.7 Å². The minimum Gasteiger partial charge on any atom is -0.481 e. The lowest BCUT2D eigenvalue weighted by Crippen LogP contribution is -2.33. The number of aliphatic hydroxyl groups is 1. The Morgan fingerprint density at radius 2 is 1.94 bits per heavy atom. The number of hydrogen-bond acceptors (Lipinski definition) is 7. The molecule has 32 heavy (non-hydrogen) atoms. The highest BCUT2D eigenvalue weighted by molar-refractivity contribution is 7.15. The molecule has 0 spiro atoms. The zero-order valence-corrected chi connectivity index (χ0v) is 18.7. The number of hydrogen-bond donors (Lipinski definition) is 3. The summed E-state index contributed by atoms with van der Waals surface area (Å²) in [6, 6.07) is 8.18. The number of rotatable bonds is 6. The van der Waals surface area contributed by atoms with Crippen LogP contribution in [-0.2, 0) is 10.4 Å². The van der Waals surface area contributed by atoms with Crippen LogP contribution in [0.1, 0.15) is 60.7 Å². The average Bonchev–Trinajstić information content (AvgIpc) is 3.49. The molecular weight excluding hydrogens is 424 g/mol. The minimum absolute atomic E-state index is 0.374. The zero-order valence-electron chi connectivity index (χ0n) is 17.9. The Kier molecular flexibility index (Phi) is 5.43. The van der Waals surface area contributed by atoms with Gasteiger partial charge in [0.2, 0.25) is 5.95 Å². The van der Waals surface area contributed by atoms with Crippen molar-refractivity contribution >= 4 is 28.9 Å². The van der Waals surface area contributed by atoms with Gasteiger partial charge >= 0.3 is 5.97 Å². The maximum atomic E-state index is 11.2. The molecule has 2 fully saturated rings. The number of carbonyl (C=O) groups is 1. The van der Waals surface area contributed by atoms with Gasteiger partial charge in [-0.1, -0.05) is 6.07 Å². The highest BCUT2D eigenvalue weighted by Crippen LogP contribution is 2.43. The van der Waals surface area contributed by atoms with Crippen molar-refractivity contribution in [3.05, 3.63) is 52.9 Å². The molecule has 2 aliphatic rings. The van der Waals surface area contributed by atoms with E-state index < -0.39 is 11.6 Å². The van der Waals surface area contributed by atoms with E-state index >= 15 is 0 Å². The Labute approximate surface area is 190 Å². The molecule has 2 saturated carbocycles. The molecule has 0 bridgehead atoms. The van der Waals surface area contributed by atoms with E-state index in [1.54, 1.807) is 12.4 Å². The van der Waals surface area contributed by atoms with Crippen LogP contribution < -0.4 is 5.32 Å². The number of nitrogens with zero attached hydrogens (tertiary/aromatic N) is 3. The van der Waals surface area contributed by atoms with Gasteiger partial charge in [0.1, 0.15) is 10.6 Å². The summed E-state index contributed by atoms with van der Waals surface area (Å²) < 4.78 is 0. The molecule has 2 aliphatic carbocycles. The molecule has 0 amide bonds. The van der Waals surface area contributed by atoms with Crippen LogP contribution in [0.3, 0.4) is 0 Å². The molecule has 2 aromatic heterocycles. The molecule has 1 aromatic carbocycles. The smallest absolute Gasteiger partial charge is 0.306 e. The third-order valence-electron chi connectivity index (χ3n) is 6.36.